The van der Waals surface area contributed by atoms with Crippen molar-refractivity contribution in [3.05, 3.63) is 40.8 Å². The maximum atomic E-state index is 12.1. The molecule has 1 aliphatic carbocycles. The molecule has 0 bridgehead atoms. The second-order valence-corrected chi connectivity index (χ2v) is 5.20. The molecule has 1 unspecified atom stereocenters. The van der Waals surface area contributed by atoms with Crippen LogP contribution in [0.25, 0.3) is 11.0 Å². The number of nitrogens with zero attached hydrogens (tertiary/aromatic N) is 2. The van der Waals surface area contributed by atoms with E-state index < -0.39 is 0 Å². The third-order valence-electron chi connectivity index (χ3n) is 3.79. The molecule has 0 aliphatic heterocycles. The normalized spacial score (nSPS) is 16.7. The first-order valence-corrected chi connectivity index (χ1v) is 6.97. The fourth-order valence-corrected chi connectivity index (χ4v) is 2.64. The van der Waals surface area contributed by atoms with Crippen LogP contribution in [-0.4, -0.2) is 22.1 Å². The van der Waals surface area contributed by atoms with Crippen LogP contribution in [0.4, 0.5) is 0 Å². The Morgan fingerprint density at radius 3 is 2.95 bits per heavy atom. The molecule has 1 N–H and O–H groups in total. The Balaban J connectivity index is 1.98. The second-order valence-electron chi connectivity index (χ2n) is 5.20. The van der Waals surface area contributed by atoms with Gasteiger partial charge >= 0.3 is 0 Å². The zero-order valence-electron chi connectivity index (χ0n) is 11.2. The Morgan fingerprint density at radius 1 is 1.42 bits per heavy atom. The van der Waals surface area contributed by atoms with Crippen LogP contribution in [0.2, 0.25) is 0 Å². The molecule has 1 aromatic heterocycles. The fraction of sp³-hybridized carbons (Fsp3) is 0.467. The predicted octanol–water partition coefficient (Wildman–Crippen LogP) is 1.78. The summed E-state index contributed by atoms with van der Waals surface area (Å²) >= 11 is 0. The first-order valence-electron chi connectivity index (χ1n) is 6.97. The lowest BCUT2D eigenvalue weighted by molar-refractivity contribution is 0.416. The molecule has 0 saturated heterocycles. The van der Waals surface area contributed by atoms with E-state index in [-0.39, 0.29) is 5.56 Å². The summed E-state index contributed by atoms with van der Waals surface area (Å²) in [6.45, 7) is 3.79. The van der Waals surface area contributed by atoms with Crippen molar-refractivity contribution in [1.29, 1.82) is 0 Å². The number of hydrogen-bond donors (Lipinski definition) is 1. The maximum Gasteiger partial charge on any atom is 0.269 e. The number of nitrogens with one attached hydrogen (secondary N) is 1. The van der Waals surface area contributed by atoms with Crippen molar-refractivity contribution < 1.29 is 0 Å². The van der Waals surface area contributed by atoms with Crippen LogP contribution in [0.3, 0.4) is 0 Å². The average Bonchev–Trinajstić information content (AvgIpc) is 3.25. The van der Waals surface area contributed by atoms with Crippen LogP contribution in [-0.2, 0) is 6.54 Å². The van der Waals surface area contributed by atoms with Gasteiger partial charge in [-0.2, -0.15) is 0 Å². The maximum absolute atomic E-state index is 12.1. The number of hydrogen-bond acceptors (Lipinski definition) is 3. The lowest BCUT2D eigenvalue weighted by atomic mass is 10.1. The van der Waals surface area contributed by atoms with Crippen molar-refractivity contribution in [1.82, 2.24) is 14.9 Å². The van der Waals surface area contributed by atoms with Crippen LogP contribution in [0.15, 0.2) is 35.3 Å². The Labute approximate surface area is 112 Å². The molecular weight excluding hydrogens is 238 g/mol. The first kappa shape index (κ1) is 12.4. The number of likely N-dealkylation sites (N-methyl/N-ethyl adjacent to an activating group) is 1. The summed E-state index contributed by atoms with van der Waals surface area (Å²) in [5, 5.41) is 3.50. The Morgan fingerprint density at radius 2 is 2.21 bits per heavy atom. The molecule has 4 nitrogen and oxygen atoms in total. The molecular formula is C15H19N3O. The minimum atomic E-state index is -0.0118. The average molecular weight is 257 g/mol. The summed E-state index contributed by atoms with van der Waals surface area (Å²) in [6, 6.07) is 8.23. The molecule has 0 radical (unpaired) electrons. The topological polar surface area (TPSA) is 46.9 Å². The number of fused-ring (bicyclic) bond motifs is 1. The number of rotatable bonds is 5. The van der Waals surface area contributed by atoms with Crippen molar-refractivity contribution in [2.24, 2.45) is 5.92 Å². The van der Waals surface area contributed by atoms with Crippen LogP contribution in [0.5, 0.6) is 0 Å². The summed E-state index contributed by atoms with van der Waals surface area (Å²) < 4.78 is 1.86. The van der Waals surface area contributed by atoms with Crippen LogP contribution < -0.4 is 10.9 Å². The molecule has 1 atom stereocenters. The molecule has 1 heterocycles. The summed E-state index contributed by atoms with van der Waals surface area (Å²) in [5.41, 5.74) is 1.80. The zero-order chi connectivity index (χ0) is 13.2. The van der Waals surface area contributed by atoms with Gasteiger partial charge < -0.3 is 9.88 Å². The minimum Gasteiger partial charge on any atom is -0.312 e. The Kier molecular flexibility index (Phi) is 3.34. The van der Waals surface area contributed by atoms with Gasteiger partial charge in [-0.05, 0) is 37.4 Å². The molecule has 1 aromatic carbocycles. The van der Waals surface area contributed by atoms with E-state index in [2.05, 4.69) is 17.2 Å². The van der Waals surface area contributed by atoms with E-state index in [1.54, 1.807) is 0 Å². The summed E-state index contributed by atoms with van der Waals surface area (Å²) in [7, 11) is 0. The van der Waals surface area contributed by atoms with Gasteiger partial charge in [0.25, 0.3) is 5.56 Å². The largest absolute Gasteiger partial charge is 0.312 e. The van der Waals surface area contributed by atoms with E-state index in [1.807, 2.05) is 28.8 Å². The molecule has 0 amide bonds. The zero-order valence-corrected chi connectivity index (χ0v) is 11.2. The van der Waals surface area contributed by atoms with E-state index in [0.29, 0.717) is 6.04 Å². The highest BCUT2D eigenvalue weighted by molar-refractivity contribution is 5.74. The first-order chi connectivity index (χ1) is 9.29. The smallest absolute Gasteiger partial charge is 0.269 e. The second kappa shape index (κ2) is 5.13. The van der Waals surface area contributed by atoms with Crippen molar-refractivity contribution in [3.63, 3.8) is 0 Å². The molecule has 2 aromatic rings. The molecule has 1 saturated carbocycles. The number of benzene rings is 1. The highest BCUT2D eigenvalue weighted by Crippen LogP contribution is 2.33. The number of aromatic nitrogens is 2. The van der Waals surface area contributed by atoms with Crippen LogP contribution >= 0.6 is 0 Å². The van der Waals surface area contributed by atoms with Gasteiger partial charge in [0.05, 0.1) is 17.2 Å². The van der Waals surface area contributed by atoms with Crippen molar-refractivity contribution >= 4 is 11.0 Å². The molecule has 19 heavy (non-hydrogen) atoms. The van der Waals surface area contributed by atoms with Crippen molar-refractivity contribution in [2.75, 3.05) is 6.54 Å². The Hall–Kier alpha value is -1.68. The van der Waals surface area contributed by atoms with Gasteiger partial charge in [-0.1, -0.05) is 19.1 Å². The van der Waals surface area contributed by atoms with E-state index in [0.717, 1.165) is 30.0 Å². The monoisotopic (exact) mass is 257 g/mol. The molecule has 1 fully saturated rings. The molecule has 3 rings (SSSR count). The van der Waals surface area contributed by atoms with Crippen LogP contribution in [0.1, 0.15) is 19.8 Å². The van der Waals surface area contributed by atoms with Crippen LogP contribution in [0, 0.1) is 5.92 Å². The molecule has 4 heteroatoms. The molecule has 0 spiro atoms. The highest BCUT2D eigenvalue weighted by Gasteiger charge is 2.31. The van der Waals surface area contributed by atoms with Gasteiger partial charge in [0.15, 0.2) is 0 Å². The number of para-hydroxylation sites is 2. The third-order valence-corrected chi connectivity index (χ3v) is 3.79. The van der Waals surface area contributed by atoms with Crippen molar-refractivity contribution in [3.8, 4) is 0 Å². The summed E-state index contributed by atoms with van der Waals surface area (Å²) in [6.07, 6.45) is 3.98. The lowest BCUT2D eigenvalue weighted by Gasteiger charge is -2.19. The SMILES string of the molecule is CCNC(Cn1c(=O)cnc2ccccc21)C1CC1. The fourth-order valence-electron chi connectivity index (χ4n) is 2.64. The van der Waals surface area contributed by atoms with Gasteiger partial charge in [-0.3, -0.25) is 4.79 Å². The third kappa shape index (κ3) is 2.54. The van der Waals surface area contributed by atoms with Gasteiger partial charge in [0.1, 0.15) is 0 Å². The Bertz CT molecular complexity index is 631. The lowest BCUT2D eigenvalue weighted by Crippen LogP contribution is -2.38. The minimum absolute atomic E-state index is 0.0118. The summed E-state index contributed by atoms with van der Waals surface area (Å²) in [5.74, 6) is 0.721. The van der Waals surface area contributed by atoms with E-state index in [1.165, 1.54) is 19.0 Å². The van der Waals surface area contributed by atoms with E-state index >= 15 is 0 Å². The van der Waals surface area contributed by atoms with E-state index in [4.69, 9.17) is 0 Å². The van der Waals surface area contributed by atoms with E-state index in [9.17, 15) is 4.79 Å². The van der Waals surface area contributed by atoms with Gasteiger partial charge in [-0.15, -0.1) is 0 Å². The predicted molar refractivity (Wildman–Crippen MR) is 76.2 cm³/mol. The van der Waals surface area contributed by atoms with Gasteiger partial charge in [0, 0.05) is 12.6 Å². The summed E-state index contributed by atoms with van der Waals surface area (Å²) in [4.78, 5) is 16.3. The standard InChI is InChI=1S/C15H19N3O/c1-2-16-13(11-7-8-11)10-18-14-6-4-3-5-12(14)17-9-15(18)19/h3-6,9,11,13,16H,2,7-8,10H2,1H3. The van der Waals surface area contributed by atoms with Crippen molar-refractivity contribution in [2.45, 2.75) is 32.4 Å². The van der Waals surface area contributed by atoms with Gasteiger partial charge in [-0.25, -0.2) is 4.98 Å². The highest BCUT2D eigenvalue weighted by atomic mass is 16.1. The quantitative estimate of drug-likeness (QED) is 0.888. The molecule has 1 aliphatic rings. The van der Waals surface area contributed by atoms with Gasteiger partial charge in [0.2, 0.25) is 0 Å². The molecule has 100 valence electrons.